The van der Waals surface area contributed by atoms with Gasteiger partial charge in [0.2, 0.25) is 0 Å². The Morgan fingerprint density at radius 3 is 2.96 bits per heavy atom. The van der Waals surface area contributed by atoms with E-state index in [9.17, 15) is 4.79 Å². The zero-order valence-corrected chi connectivity index (χ0v) is 14.3. The minimum Gasteiger partial charge on any atom is -0.465 e. The van der Waals surface area contributed by atoms with Crippen LogP contribution in [0.2, 0.25) is 0 Å². The Bertz CT molecular complexity index is 481. The van der Waals surface area contributed by atoms with Gasteiger partial charge in [0.15, 0.2) is 0 Å². The summed E-state index contributed by atoms with van der Waals surface area (Å²) >= 11 is 0. The second-order valence-electron chi connectivity index (χ2n) is 6.42. The van der Waals surface area contributed by atoms with Gasteiger partial charge in [-0.05, 0) is 25.0 Å². The second-order valence-corrected chi connectivity index (χ2v) is 6.42. The molecule has 2 unspecified atom stereocenters. The Labute approximate surface area is 138 Å². The molecule has 0 saturated carbocycles. The number of hydrogen-bond acceptors (Lipinski definition) is 6. The summed E-state index contributed by atoms with van der Waals surface area (Å²) in [6.07, 6.45) is 1.82. The zero-order valence-electron chi connectivity index (χ0n) is 14.3. The highest BCUT2D eigenvalue weighted by Crippen LogP contribution is 2.15. The quantitative estimate of drug-likeness (QED) is 0.702. The summed E-state index contributed by atoms with van der Waals surface area (Å²) in [5, 5.41) is 0. The molecule has 0 bridgehead atoms. The van der Waals surface area contributed by atoms with Crippen LogP contribution in [0.25, 0.3) is 0 Å². The Morgan fingerprint density at radius 2 is 2.30 bits per heavy atom. The molecule has 1 aromatic rings. The number of pyridine rings is 1. The number of esters is 1. The van der Waals surface area contributed by atoms with Crippen molar-refractivity contribution in [2.75, 3.05) is 26.2 Å². The summed E-state index contributed by atoms with van der Waals surface area (Å²) in [5.74, 6) is 0.573. The Kier molecular flexibility index (Phi) is 6.95. The molecule has 6 nitrogen and oxygen atoms in total. The molecule has 1 saturated heterocycles. The van der Waals surface area contributed by atoms with E-state index in [1.807, 2.05) is 31.3 Å². The Hall–Kier alpha value is -1.50. The number of carbonyl (C=O) groups is 1. The van der Waals surface area contributed by atoms with E-state index >= 15 is 0 Å². The van der Waals surface area contributed by atoms with Gasteiger partial charge in [0.1, 0.15) is 6.04 Å². The highest BCUT2D eigenvalue weighted by Gasteiger charge is 2.35. The molecular formula is C17H28N4O2. The van der Waals surface area contributed by atoms with Crippen LogP contribution in [0, 0.1) is 11.8 Å². The fourth-order valence-corrected chi connectivity index (χ4v) is 2.96. The van der Waals surface area contributed by atoms with Gasteiger partial charge in [0.25, 0.3) is 0 Å². The van der Waals surface area contributed by atoms with Crippen molar-refractivity contribution in [3.05, 3.63) is 30.1 Å². The van der Waals surface area contributed by atoms with Gasteiger partial charge in [-0.2, -0.15) is 0 Å². The van der Waals surface area contributed by atoms with E-state index < -0.39 is 0 Å². The van der Waals surface area contributed by atoms with Crippen molar-refractivity contribution in [2.24, 2.45) is 11.8 Å². The van der Waals surface area contributed by atoms with Crippen LogP contribution in [0.1, 0.15) is 26.5 Å². The second kappa shape index (κ2) is 8.96. The van der Waals surface area contributed by atoms with Crippen molar-refractivity contribution in [3.8, 4) is 0 Å². The lowest BCUT2D eigenvalue weighted by Gasteiger charge is -2.28. The van der Waals surface area contributed by atoms with Crippen molar-refractivity contribution in [3.63, 3.8) is 0 Å². The third-order valence-electron chi connectivity index (χ3n) is 3.86. The molecule has 0 spiro atoms. The van der Waals surface area contributed by atoms with E-state index in [-0.39, 0.29) is 17.9 Å². The zero-order chi connectivity index (χ0) is 16.7. The van der Waals surface area contributed by atoms with E-state index in [4.69, 9.17) is 4.74 Å². The van der Waals surface area contributed by atoms with Gasteiger partial charge in [-0.15, -0.1) is 0 Å². The number of aromatic nitrogens is 1. The van der Waals surface area contributed by atoms with Gasteiger partial charge >= 0.3 is 5.97 Å². The highest BCUT2D eigenvalue weighted by atomic mass is 16.5. The van der Waals surface area contributed by atoms with Gasteiger partial charge in [-0.1, -0.05) is 19.9 Å². The first kappa shape index (κ1) is 17.8. The number of nitrogens with one attached hydrogen (secondary N) is 2. The average molecular weight is 320 g/mol. The predicted octanol–water partition coefficient (Wildman–Crippen LogP) is 1.20. The van der Waals surface area contributed by atoms with Crippen LogP contribution in [0.15, 0.2) is 24.4 Å². The van der Waals surface area contributed by atoms with Crippen LogP contribution in [0.5, 0.6) is 0 Å². The van der Waals surface area contributed by atoms with Crippen molar-refractivity contribution < 1.29 is 9.53 Å². The Morgan fingerprint density at radius 1 is 1.48 bits per heavy atom. The molecule has 2 heterocycles. The van der Waals surface area contributed by atoms with Crippen LogP contribution in [-0.2, 0) is 16.1 Å². The topological polar surface area (TPSA) is 66.5 Å². The molecule has 1 fully saturated rings. The SMILES string of the molecule is CCOC(=O)C1NNCC1CN(Cc1ccccn1)CC(C)C. The van der Waals surface area contributed by atoms with Gasteiger partial charge in [-0.3, -0.25) is 20.1 Å². The largest absolute Gasteiger partial charge is 0.465 e. The van der Waals surface area contributed by atoms with Crippen molar-refractivity contribution in [2.45, 2.75) is 33.4 Å². The summed E-state index contributed by atoms with van der Waals surface area (Å²) in [6.45, 7) is 10.0. The lowest BCUT2D eigenvalue weighted by atomic mass is 10.0. The van der Waals surface area contributed by atoms with Gasteiger partial charge in [0, 0.05) is 38.3 Å². The highest BCUT2D eigenvalue weighted by molar-refractivity contribution is 5.76. The Balaban J connectivity index is 2.00. The van der Waals surface area contributed by atoms with Crippen molar-refractivity contribution >= 4 is 5.97 Å². The third kappa shape index (κ3) is 5.57. The summed E-state index contributed by atoms with van der Waals surface area (Å²) in [7, 11) is 0. The molecule has 0 amide bonds. The molecule has 23 heavy (non-hydrogen) atoms. The molecule has 0 aliphatic carbocycles. The van der Waals surface area contributed by atoms with E-state index in [2.05, 4.69) is 34.6 Å². The summed E-state index contributed by atoms with van der Waals surface area (Å²) < 4.78 is 5.16. The maximum absolute atomic E-state index is 12.1. The van der Waals surface area contributed by atoms with Gasteiger partial charge < -0.3 is 4.74 Å². The van der Waals surface area contributed by atoms with Crippen LogP contribution in [0.4, 0.5) is 0 Å². The number of nitrogens with zero attached hydrogens (tertiary/aromatic N) is 2. The maximum atomic E-state index is 12.1. The van der Waals surface area contributed by atoms with Crippen LogP contribution in [0.3, 0.4) is 0 Å². The maximum Gasteiger partial charge on any atom is 0.324 e. The predicted molar refractivity (Wildman–Crippen MR) is 89.4 cm³/mol. The molecule has 0 radical (unpaired) electrons. The smallest absolute Gasteiger partial charge is 0.324 e. The van der Waals surface area contributed by atoms with Crippen LogP contribution >= 0.6 is 0 Å². The fraction of sp³-hybridized carbons (Fsp3) is 0.647. The molecule has 6 heteroatoms. The number of rotatable bonds is 8. The molecular weight excluding hydrogens is 292 g/mol. The first-order chi connectivity index (χ1) is 11.1. The standard InChI is InChI=1S/C17H28N4O2/c1-4-23-17(22)16-14(9-19-20-16)11-21(10-13(2)3)12-15-7-5-6-8-18-15/h5-8,13-14,16,19-20H,4,9-12H2,1-3H3. The first-order valence-electron chi connectivity index (χ1n) is 8.37. The molecule has 2 rings (SSSR count). The van der Waals surface area contributed by atoms with Gasteiger partial charge in [0.05, 0.1) is 12.3 Å². The fourth-order valence-electron chi connectivity index (χ4n) is 2.96. The minimum absolute atomic E-state index is 0.176. The number of carbonyl (C=O) groups excluding carboxylic acids is 1. The van der Waals surface area contributed by atoms with Crippen LogP contribution < -0.4 is 10.9 Å². The number of ether oxygens (including phenoxy) is 1. The van der Waals surface area contributed by atoms with Crippen molar-refractivity contribution in [1.82, 2.24) is 20.7 Å². The summed E-state index contributed by atoms with van der Waals surface area (Å²) in [6, 6.07) is 5.70. The monoisotopic (exact) mass is 320 g/mol. The third-order valence-corrected chi connectivity index (χ3v) is 3.86. The molecule has 1 aliphatic rings. The average Bonchev–Trinajstić information content (AvgIpc) is 2.96. The number of hydrazine groups is 1. The number of hydrogen-bond donors (Lipinski definition) is 2. The minimum atomic E-state index is -0.284. The lowest BCUT2D eigenvalue weighted by molar-refractivity contribution is -0.146. The van der Waals surface area contributed by atoms with E-state index in [1.165, 1.54) is 0 Å². The first-order valence-corrected chi connectivity index (χ1v) is 8.37. The normalized spacial score (nSPS) is 21.1. The molecule has 128 valence electrons. The van der Waals surface area contributed by atoms with E-state index in [0.29, 0.717) is 12.5 Å². The molecule has 0 aromatic carbocycles. The van der Waals surface area contributed by atoms with E-state index in [1.54, 1.807) is 0 Å². The molecule has 2 atom stereocenters. The van der Waals surface area contributed by atoms with Crippen molar-refractivity contribution in [1.29, 1.82) is 0 Å². The molecule has 1 aromatic heterocycles. The molecule has 2 N–H and O–H groups in total. The van der Waals surface area contributed by atoms with Gasteiger partial charge in [-0.25, -0.2) is 5.43 Å². The van der Waals surface area contributed by atoms with E-state index in [0.717, 1.165) is 31.9 Å². The summed E-state index contributed by atoms with van der Waals surface area (Å²) in [5.41, 5.74) is 7.19. The van der Waals surface area contributed by atoms with Crippen LogP contribution in [-0.4, -0.2) is 48.1 Å². The molecule has 1 aliphatic heterocycles. The summed E-state index contributed by atoms with van der Waals surface area (Å²) in [4.78, 5) is 18.9. The lowest BCUT2D eigenvalue weighted by Crippen LogP contribution is -2.44.